The molecule has 136 valence electrons. The minimum atomic E-state index is -0.206. The molecule has 0 saturated carbocycles. The normalized spacial score (nSPS) is 14.2. The predicted octanol–water partition coefficient (Wildman–Crippen LogP) is 2.34. The molecule has 1 fully saturated rings. The maximum absolute atomic E-state index is 12.1. The average Bonchev–Trinajstić information content (AvgIpc) is 2.68. The van der Waals surface area contributed by atoms with Crippen LogP contribution in [0.25, 0.3) is 0 Å². The summed E-state index contributed by atoms with van der Waals surface area (Å²) in [5.41, 5.74) is 4.34. The van der Waals surface area contributed by atoms with Crippen LogP contribution in [0.4, 0.5) is 11.5 Å². The second-order valence-electron chi connectivity index (χ2n) is 6.45. The number of aryl methyl sites for hydroxylation is 1. The lowest BCUT2D eigenvalue weighted by Gasteiger charge is -2.37. The highest BCUT2D eigenvalue weighted by Gasteiger charge is 2.20. The summed E-state index contributed by atoms with van der Waals surface area (Å²) in [6.07, 6.45) is 3.10. The molecular formula is C20H25N5O. The molecule has 1 aliphatic rings. The third-order valence-corrected chi connectivity index (χ3v) is 4.81. The Morgan fingerprint density at radius 1 is 1.19 bits per heavy atom. The highest BCUT2D eigenvalue weighted by Crippen LogP contribution is 2.25. The van der Waals surface area contributed by atoms with Gasteiger partial charge in [0.25, 0.3) is 5.91 Å². The van der Waals surface area contributed by atoms with Gasteiger partial charge in [0, 0.05) is 44.5 Å². The quantitative estimate of drug-likeness (QED) is 0.838. The Balaban J connectivity index is 1.67. The van der Waals surface area contributed by atoms with E-state index in [1.54, 1.807) is 12.1 Å². The SMILES string of the molecule is C=CCNC(=O)c1cc(N2CCN(c3cccc(C)c3C)CC2)ncn1. The molecule has 2 aromatic rings. The lowest BCUT2D eigenvalue weighted by molar-refractivity contribution is 0.0953. The summed E-state index contributed by atoms with van der Waals surface area (Å²) < 4.78 is 0. The molecule has 1 amide bonds. The molecule has 2 heterocycles. The summed E-state index contributed by atoms with van der Waals surface area (Å²) in [5, 5.41) is 2.74. The van der Waals surface area contributed by atoms with Crippen molar-refractivity contribution in [3.63, 3.8) is 0 Å². The van der Waals surface area contributed by atoms with Crippen LogP contribution < -0.4 is 15.1 Å². The van der Waals surface area contributed by atoms with E-state index in [2.05, 4.69) is 63.7 Å². The largest absolute Gasteiger partial charge is 0.368 e. The topological polar surface area (TPSA) is 61.4 Å². The third kappa shape index (κ3) is 3.85. The zero-order valence-electron chi connectivity index (χ0n) is 15.4. The summed E-state index contributed by atoms with van der Waals surface area (Å²) in [4.78, 5) is 25.1. The van der Waals surface area contributed by atoms with Crippen LogP contribution in [-0.2, 0) is 0 Å². The fourth-order valence-corrected chi connectivity index (χ4v) is 3.15. The Kier molecular flexibility index (Phi) is 5.51. The van der Waals surface area contributed by atoms with Gasteiger partial charge in [0.1, 0.15) is 17.8 Å². The lowest BCUT2D eigenvalue weighted by Crippen LogP contribution is -2.47. The van der Waals surface area contributed by atoms with Gasteiger partial charge in [-0.15, -0.1) is 6.58 Å². The number of hydrogen-bond donors (Lipinski definition) is 1. The second-order valence-corrected chi connectivity index (χ2v) is 6.45. The number of aromatic nitrogens is 2. The second kappa shape index (κ2) is 7.99. The molecule has 26 heavy (non-hydrogen) atoms. The standard InChI is InChI=1S/C20H25N5O/c1-4-8-21-20(26)17-13-19(23-14-22-17)25-11-9-24(10-12-25)18-7-5-6-15(2)16(18)3/h4-7,13-14H,1,8-12H2,2-3H3,(H,21,26). The van der Waals surface area contributed by atoms with E-state index >= 15 is 0 Å². The summed E-state index contributed by atoms with van der Waals surface area (Å²) in [7, 11) is 0. The van der Waals surface area contributed by atoms with Crippen LogP contribution in [0.3, 0.4) is 0 Å². The van der Waals surface area contributed by atoms with Gasteiger partial charge in [-0.1, -0.05) is 18.2 Å². The van der Waals surface area contributed by atoms with Gasteiger partial charge in [-0.25, -0.2) is 9.97 Å². The molecule has 1 aliphatic heterocycles. The van der Waals surface area contributed by atoms with Crippen LogP contribution in [0.5, 0.6) is 0 Å². The average molecular weight is 351 g/mol. The number of benzene rings is 1. The van der Waals surface area contributed by atoms with Crippen molar-refractivity contribution in [1.82, 2.24) is 15.3 Å². The van der Waals surface area contributed by atoms with Crippen LogP contribution >= 0.6 is 0 Å². The highest BCUT2D eigenvalue weighted by molar-refractivity contribution is 5.92. The highest BCUT2D eigenvalue weighted by atomic mass is 16.1. The van der Waals surface area contributed by atoms with Crippen molar-refractivity contribution >= 4 is 17.4 Å². The number of rotatable bonds is 5. The van der Waals surface area contributed by atoms with E-state index in [0.29, 0.717) is 12.2 Å². The van der Waals surface area contributed by atoms with Crippen molar-refractivity contribution in [2.45, 2.75) is 13.8 Å². The third-order valence-electron chi connectivity index (χ3n) is 4.81. The Morgan fingerprint density at radius 2 is 1.92 bits per heavy atom. The maximum atomic E-state index is 12.1. The van der Waals surface area contributed by atoms with Gasteiger partial charge >= 0.3 is 0 Å². The molecule has 0 aliphatic carbocycles. The van der Waals surface area contributed by atoms with Gasteiger partial charge in [0.15, 0.2) is 0 Å². The Labute approximate surface area is 154 Å². The minimum absolute atomic E-state index is 0.206. The Bertz CT molecular complexity index is 797. The number of nitrogens with zero attached hydrogens (tertiary/aromatic N) is 4. The number of amides is 1. The van der Waals surface area contributed by atoms with E-state index in [1.807, 2.05) is 0 Å². The summed E-state index contributed by atoms with van der Waals surface area (Å²) >= 11 is 0. The van der Waals surface area contributed by atoms with E-state index in [-0.39, 0.29) is 5.91 Å². The lowest BCUT2D eigenvalue weighted by atomic mass is 10.1. The molecule has 0 unspecified atom stereocenters. The summed E-state index contributed by atoms with van der Waals surface area (Å²) in [6.45, 7) is 11.9. The molecule has 0 bridgehead atoms. The van der Waals surface area contributed by atoms with Crippen LogP contribution in [-0.4, -0.2) is 48.6 Å². The zero-order valence-corrected chi connectivity index (χ0v) is 15.4. The van der Waals surface area contributed by atoms with Gasteiger partial charge in [0.05, 0.1) is 0 Å². The van der Waals surface area contributed by atoms with Gasteiger partial charge in [-0.05, 0) is 31.0 Å². The smallest absolute Gasteiger partial charge is 0.270 e. The number of carbonyl (C=O) groups excluding carboxylic acids is 1. The molecule has 1 N–H and O–H groups in total. The Morgan fingerprint density at radius 3 is 2.65 bits per heavy atom. The van der Waals surface area contributed by atoms with Crippen molar-refractivity contribution in [2.75, 3.05) is 42.5 Å². The van der Waals surface area contributed by atoms with Crippen molar-refractivity contribution in [1.29, 1.82) is 0 Å². The number of piperazine rings is 1. The zero-order chi connectivity index (χ0) is 18.5. The molecule has 0 spiro atoms. The molecule has 1 aromatic heterocycles. The van der Waals surface area contributed by atoms with Crippen molar-refractivity contribution in [3.8, 4) is 0 Å². The number of carbonyl (C=O) groups is 1. The van der Waals surface area contributed by atoms with Crippen LogP contribution in [0, 0.1) is 13.8 Å². The number of anilines is 2. The monoisotopic (exact) mass is 351 g/mol. The van der Waals surface area contributed by atoms with Crippen molar-refractivity contribution < 1.29 is 4.79 Å². The van der Waals surface area contributed by atoms with Gasteiger partial charge in [-0.3, -0.25) is 4.79 Å². The van der Waals surface area contributed by atoms with Gasteiger partial charge in [0.2, 0.25) is 0 Å². The number of nitrogens with one attached hydrogen (secondary N) is 1. The van der Waals surface area contributed by atoms with Crippen molar-refractivity contribution in [3.05, 3.63) is 60.1 Å². The van der Waals surface area contributed by atoms with E-state index in [0.717, 1.165) is 32.0 Å². The molecule has 0 atom stereocenters. The van der Waals surface area contributed by atoms with E-state index in [4.69, 9.17) is 0 Å². The fraction of sp³-hybridized carbons (Fsp3) is 0.350. The first-order valence-corrected chi connectivity index (χ1v) is 8.87. The summed E-state index contributed by atoms with van der Waals surface area (Å²) in [6, 6.07) is 8.20. The fourth-order valence-electron chi connectivity index (χ4n) is 3.15. The molecule has 1 aromatic carbocycles. The first-order valence-electron chi connectivity index (χ1n) is 8.87. The molecule has 6 heteroatoms. The van der Waals surface area contributed by atoms with E-state index in [9.17, 15) is 4.79 Å². The summed E-state index contributed by atoms with van der Waals surface area (Å²) in [5.74, 6) is 0.590. The van der Waals surface area contributed by atoms with Gasteiger partial charge < -0.3 is 15.1 Å². The van der Waals surface area contributed by atoms with E-state index < -0.39 is 0 Å². The molecule has 1 saturated heterocycles. The molecule has 3 rings (SSSR count). The first kappa shape index (κ1) is 17.9. The maximum Gasteiger partial charge on any atom is 0.270 e. The molecular weight excluding hydrogens is 326 g/mol. The van der Waals surface area contributed by atoms with Crippen LogP contribution in [0.1, 0.15) is 21.6 Å². The van der Waals surface area contributed by atoms with E-state index in [1.165, 1.54) is 23.1 Å². The first-order chi connectivity index (χ1) is 12.6. The van der Waals surface area contributed by atoms with Crippen LogP contribution in [0.2, 0.25) is 0 Å². The van der Waals surface area contributed by atoms with Gasteiger partial charge in [-0.2, -0.15) is 0 Å². The Hall–Kier alpha value is -2.89. The molecule has 0 radical (unpaired) electrons. The molecule has 6 nitrogen and oxygen atoms in total. The van der Waals surface area contributed by atoms with Crippen LogP contribution in [0.15, 0.2) is 43.2 Å². The minimum Gasteiger partial charge on any atom is -0.368 e. The van der Waals surface area contributed by atoms with Crippen molar-refractivity contribution in [2.24, 2.45) is 0 Å². The predicted molar refractivity (Wildman–Crippen MR) is 105 cm³/mol. The number of hydrogen-bond acceptors (Lipinski definition) is 5.